The summed E-state index contributed by atoms with van der Waals surface area (Å²) in [6.45, 7) is 0. The molecule has 0 saturated carbocycles. The van der Waals surface area contributed by atoms with Crippen molar-refractivity contribution in [3.8, 4) is 6.07 Å². The minimum Gasteiger partial charge on any atom is -0.206 e. The Bertz CT molecular complexity index is 421. The molecule has 0 heterocycles. The van der Waals surface area contributed by atoms with Crippen LogP contribution in [-0.2, 0) is 0 Å². The van der Waals surface area contributed by atoms with E-state index in [1.54, 1.807) is 12.1 Å². The number of nitriles is 1. The van der Waals surface area contributed by atoms with Crippen molar-refractivity contribution >= 4 is 22.0 Å². The Hall–Kier alpha value is -1.21. The third-order valence-electron chi connectivity index (χ3n) is 1.78. The van der Waals surface area contributed by atoms with E-state index < -0.39 is 11.6 Å². The maximum atomic E-state index is 13.3. The molecule has 0 aliphatic carbocycles. The van der Waals surface area contributed by atoms with Crippen molar-refractivity contribution in [1.29, 1.82) is 5.26 Å². The molecule has 0 atom stereocenters. The van der Waals surface area contributed by atoms with Crippen molar-refractivity contribution in [1.82, 2.24) is 0 Å². The topological polar surface area (TPSA) is 23.8 Å². The zero-order chi connectivity index (χ0) is 11.3. The van der Waals surface area contributed by atoms with Gasteiger partial charge in [-0.25, -0.2) is 8.78 Å². The Morgan fingerprint density at radius 1 is 1.33 bits per heavy atom. The van der Waals surface area contributed by atoms with Gasteiger partial charge in [0, 0.05) is 10.9 Å². The van der Waals surface area contributed by atoms with E-state index in [9.17, 15) is 8.78 Å². The van der Waals surface area contributed by atoms with Gasteiger partial charge in [0.2, 0.25) is 0 Å². The zero-order valence-corrected chi connectivity index (χ0v) is 9.39. The predicted octanol–water partition coefficient (Wildman–Crippen LogP) is 3.63. The van der Waals surface area contributed by atoms with Crippen LogP contribution in [0.4, 0.5) is 8.78 Å². The number of benzene rings is 1. The van der Waals surface area contributed by atoms with Crippen molar-refractivity contribution in [2.24, 2.45) is 0 Å². The van der Waals surface area contributed by atoms with E-state index in [2.05, 4.69) is 15.9 Å². The first-order valence-corrected chi connectivity index (χ1v) is 5.43. The Balaban J connectivity index is 3.01. The van der Waals surface area contributed by atoms with Crippen LogP contribution in [0, 0.1) is 23.0 Å². The van der Waals surface area contributed by atoms with Crippen LogP contribution in [0.1, 0.15) is 17.5 Å². The van der Waals surface area contributed by atoms with E-state index in [-0.39, 0.29) is 11.1 Å². The number of hydrogen-bond donors (Lipinski definition) is 0. The maximum Gasteiger partial charge on any atom is 0.141 e. The molecule has 0 saturated heterocycles. The van der Waals surface area contributed by atoms with Gasteiger partial charge in [-0.2, -0.15) is 5.26 Å². The molecular formula is C11H8BrF2N. The van der Waals surface area contributed by atoms with Gasteiger partial charge in [-0.1, -0.05) is 28.1 Å². The smallest absolute Gasteiger partial charge is 0.141 e. The summed E-state index contributed by atoms with van der Waals surface area (Å²) in [7, 11) is 0. The van der Waals surface area contributed by atoms with Gasteiger partial charge in [0.25, 0.3) is 0 Å². The van der Waals surface area contributed by atoms with Gasteiger partial charge in [0.05, 0.1) is 5.56 Å². The standard InChI is InChI=1S/C11H8BrF2N/c12-4-2-1-3-8-5-11(14)9(7-15)6-10(8)13/h1,3,5-6H,2,4H2. The third kappa shape index (κ3) is 3.14. The molecule has 0 spiro atoms. The van der Waals surface area contributed by atoms with E-state index >= 15 is 0 Å². The second-order valence-corrected chi connectivity index (χ2v) is 3.64. The number of halogens is 3. The van der Waals surface area contributed by atoms with Gasteiger partial charge in [0.15, 0.2) is 0 Å². The van der Waals surface area contributed by atoms with E-state index in [1.807, 2.05) is 0 Å². The van der Waals surface area contributed by atoms with Crippen molar-refractivity contribution in [2.45, 2.75) is 6.42 Å². The molecule has 78 valence electrons. The van der Waals surface area contributed by atoms with Crippen LogP contribution >= 0.6 is 15.9 Å². The van der Waals surface area contributed by atoms with Gasteiger partial charge in [-0.05, 0) is 18.6 Å². The summed E-state index contributed by atoms with van der Waals surface area (Å²) in [6.07, 6.45) is 3.97. The summed E-state index contributed by atoms with van der Waals surface area (Å²) >= 11 is 3.22. The van der Waals surface area contributed by atoms with Crippen LogP contribution in [0.3, 0.4) is 0 Å². The summed E-state index contributed by atoms with van der Waals surface area (Å²) in [4.78, 5) is 0. The second-order valence-electron chi connectivity index (χ2n) is 2.85. The highest BCUT2D eigenvalue weighted by Gasteiger charge is 2.06. The fourth-order valence-corrected chi connectivity index (χ4v) is 1.31. The molecule has 1 aromatic carbocycles. The quantitative estimate of drug-likeness (QED) is 0.771. The molecule has 15 heavy (non-hydrogen) atoms. The van der Waals surface area contributed by atoms with Crippen LogP contribution in [0.25, 0.3) is 6.08 Å². The van der Waals surface area contributed by atoms with Crippen LogP contribution < -0.4 is 0 Å². The second kappa shape index (κ2) is 5.62. The van der Waals surface area contributed by atoms with Gasteiger partial charge in [0.1, 0.15) is 17.7 Å². The Labute approximate surface area is 95.2 Å². The van der Waals surface area contributed by atoms with Crippen molar-refractivity contribution in [3.63, 3.8) is 0 Å². The summed E-state index contributed by atoms with van der Waals surface area (Å²) < 4.78 is 26.4. The SMILES string of the molecule is N#Cc1cc(F)c(C=CCCBr)cc1F. The predicted molar refractivity (Wildman–Crippen MR) is 58.5 cm³/mol. The first-order chi connectivity index (χ1) is 7.19. The first-order valence-electron chi connectivity index (χ1n) is 4.30. The summed E-state index contributed by atoms with van der Waals surface area (Å²) in [5.41, 5.74) is -0.113. The highest BCUT2D eigenvalue weighted by molar-refractivity contribution is 9.09. The van der Waals surface area contributed by atoms with Crippen LogP contribution in [0.15, 0.2) is 18.2 Å². The average molecular weight is 272 g/mol. The molecule has 0 radical (unpaired) electrons. The third-order valence-corrected chi connectivity index (χ3v) is 2.24. The highest BCUT2D eigenvalue weighted by atomic mass is 79.9. The molecule has 0 aromatic heterocycles. The van der Waals surface area contributed by atoms with E-state index in [1.165, 1.54) is 6.08 Å². The molecule has 0 N–H and O–H groups in total. The van der Waals surface area contributed by atoms with Crippen molar-refractivity contribution in [2.75, 3.05) is 5.33 Å². The Morgan fingerprint density at radius 2 is 2.07 bits per heavy atom. The van der Waals surface area contributed by atoms with E-state index in [4.69, 9.17) is 5.26 Å². The molecule has 0 aliphatic rings. The lowest BCUT2D eigenvalue weighted by Gasteiger charge is -1.99. The molecule has 0 unspecified atom stereocenters. The van der Waals surface area contributed by atoms with E-state index in [0.29, 0.717) is 0 Å². The molecule has 0 amide bonds. The van der Waals surface area contributed by atoms with Gasteiger partial charge in [-0.15, -0.1) is 0 Å². The number of rotatable bonds is 3. The normalized spacial score (nSPS) is 10.5. The van der Waals surface area contributed by atoms with Crippen molar-refractivity contribution in [3.05, 3.63) is 41.0 Å². The number of nitrogens with zero attached hydrogens (tertiary/aromatic N) is 1. The Morgan fingerprint density at radius 3 is 2.67 bits per heavy atom. The van der Waals surface area contributed by atoms with Crippen LogP contribution in [0.5, 0.6) is 0 Å². The molecule has 1 rings (SSSR count). The first kappa shape index (κ1) is 11.9. The molecule has 1 nitrogen and oxygen atoms in total. The minimum absolute atomic E-state index is 0.160. The largest absolute Gasteiger partial charge is 0.206 e. The lowest BCUT2D eigenvalue weighted by molar-refractivity contribution is 0.594. The summed E-state index contributed by atoms with van der Waals surface area (Å²) in [5.74, 6) is -1.28. The number of alkyl halides is 1. The lowest BCUT2D eigenvalue weighted by Crippen LogP contribution is -1.90. The van der Waals surface area contributed by atoms with Crippen molar-refractivity contribution < 1.29 is 8.78 Å². The van der Waals surface area contributed by atoms with E-state index in [0.717, 1.165) is 23.9 Å². The molecule has 4 heteroatoms. The van der Waals surface area contributed by atoms with Crippen LogP contribution in [-0.4, -0.2) is 5.33 Å². The lowest BCUT2D eigenvalue weighted by atomic mass is 10.1. The van der Waals surface area contributed by atoms with Gasteiger partial charge < -0.3 is 0 Å². The monoisotopic (exact) mass is 271 g/mol. The molecule has 0 fully saturated rings. The Kier molecular flexibility index (Phi) is 4.44. The molecular weight excluding hydrogens is 264 g/mol. The minimum atomic E-state index is -0.697. The number of hydrogen-bond acceptors (Lipinski definition) is 1. The molecule has 0 bridgehead atoms. The molecule has 0 aliphatic heterocycles. The number of allylic oxidation sites excluding steroid dienone is 1. The summed E-state index contributed by atoms with van der Waals surface area (Å²) in [5, 5.41) is 9.23. The molecule has 1 aromatic rings. The van der Waals surface area contributed by atoms with Gasteiger partial charge >= 0.3 is 0 Å². The zero-order valence-electron chi connectivity index (χ0n) is 7.80. The maximum absolute atomic E-state index is 13.3. The van der Waals surface area contributed by atoms with Gasteiger partial charge in [-0.3, -0.25) is 0 Å². The fourth-order valence-electron chi connectivity index (χ4n) is 1.05. The fraction of sp³-hybridized carbons (Fsp3) is 0.182. The summed E-state index contributed by atoms with van der Waals surface area (Å²) in [6, 6.07) is 3.52. The highest BCUT2D eigenvalue weighted by Crippen LogP contribution is 2.15. The van der Waals surface area contributed by atoms with Crippen LogP contribution in [0.2, 0.25) is 0 Å². The average Bonchev–Trinajstić information content (AvgIpc) is 2.23.